The second-order valence-corrected chi connectivity index (χ2v) is 1.69. The molecule has 0 aromatic carbocycles. The average Bonchev–Trinajstić information content (AvgIpc) is 1.66. The van der Waals surface area contributed by atoms with Gasteiger partial charge >= 0.3 is 5.97 Å². The number of hydrogen-bond acceptors (Lipinski definition) is 2. The van der Waals surface area contributed by atoms with Crippen LogP contribution in [0.3, 0.4) is 0 Å². The van der Waals surface area contributed by atoms with Crippen LogP contribution in [0.4, 0.5) is 0 Å². The highest BCUT2D eigenvalue weighted by atomic mass is 27.0. The smallest absolute Gasteiger partial charge is 0.302 e. The molecule has 0 amide bonds. The van der Waals surface area contributed by atoms with Crippen LogP contribution in [-0.2, 0) is 9.53 Å². The van der Waals surface area contributed by atoms with E-state index in [2.05, 4.69) is 11.7 Å². The fraction of sp³-hybridized carbons (Fsp3) is 0.833. The number of carbonyl (C=O) groups is 1. The van der Waals surface area contributed by atoms with Crippen molar-refractivity contribution in [2.24, 2.45) is 0 Å². The Kier molecular flexibility index (Phi) is 10.5. The van der Waals surface area contributed by atoms with Gasteiger partial charge in [0.15, 0.2) is 17.4 Å². The molecule has 0 aliphatic heterocycles. The Morgan fingerprint density at radius 3 is 2.44 bits per heavy atom. The summed E-state index contributed by atoms with van der Waals surface area (Å²) in [5, 5.41) is 0. The van der Waals surface area contributed by atoms with Crippen molar-refractivity contribution in [3.05, 3.63) is 0 Å². The maximum absolute atomic E-state index is 10.1. The molecule has 0 rings (SSSR count). The average molecular weight is 146 g/mol. The first-order chi connectivity index (χ1) is 3.77. The van der Waals surface area contributed by atoms with Crippen LogP contribution in [-0.4, -0.2) is 29.9 Å². The van der Waals surface area contributed by atoms with Crippen LogP contribution >= 0.6 is 0 Å². The summed E-state index contributed by atoms with van der Waals surface area (Å²) in [7, 11) is 0. The molecule has 0 heterocycles. The zero-order valence-electron chi connectivity index (χ0n) is 5.44. The normalized spacial score (nSPS) is 7.78. The Hall–Kier alpha value is 0.00247. The standard InChI is InChI=1S/C6H12O2.Al.3H/c1-3-4-5-8-6(2)7;;;;/h3-5H2,1-2H3;;;;. The molecule has 0 aliphatic rings. The largest absolute Gasteiger partial charge is 0.466 e. The van der Waals surface area contributed by atoms with Crippen LogP contribution in [0.1, 0.15) is 26.7 Å². The zero-order valence-corrected chi connectivity index (χ0v) is 5.44. The van der Waals surface area contributed by atoms with Gasteiger partial charge in [0.05, 0.1) is 6.61 Å². The molecule has 0 atom stereocenters. The number of esters is 1. The fourth-order valence-corrected chi connectivity index (χ4v) is 0.360. The summed E-state index contributed by atoms with van der Waals surface area (Å²) in [6.07, 6.45) is 2.05. The molecule has 0 saturated carbocycles. The minimum atomic E-state index is -0.182. The Morgan fingerprint density at radius 2 is 2.11 bits per heavy atom. The van der Waals surface area contributed by atoms with E-state index >= 15 is 0 Å². The predicted octanol–water partition coefficient (Wildman–Crippen LogP) is 0.166. The molecule has 0 saturated heterocycles. The molecular formula is C6H15AlO2. The van der Waals surface area contributed by atoms with E-state index in [-0.39, 0.29) is 23.3 Å². The van der Waals surface area contributed by atoms with Crippen molar-refractivity contribution in [2.75, 3.05) is 6.61 Å². The van der Waals surface area contributed by atoms with Crippen molar-refractivity contribution in [1.82, 2.24) is 0 Å². The third kappa shape index (κ3) is 11.5. The van der Waals surface area contributed by atoms with E-state index in [0.29, 0.717) is 6.61 Å². The van der Waals surface area contributed by atoms with Gasteiger partial charge in [-0.15, -0.1) is 0 Å². The van der Waals surface area contributed by atoms with E-state index in [0.717, 1.165) is 12.8 Å². The molecule has 3 heteroatoms. The molecular weight excluding hydrogens is 131 g/mol. The monoisotopic (exact) mass is 146 g/mol. The number of carbonyl (C=O) groups excluding carboxylic acids is 1. The van der Waals surface area contributed by atoms with Crippen LogP contribution < -0.4 is 0 Å². The first-order valence-electron chi connectivity index (χ1n) is 2.90. The Labute approximate surface area is 66.7 Å². The lowest BCUT2D eigenvalue weighted by atomic mass is 10.4. The Bertz CT molecular complexity index is 73.5. The highest BCUT2D eigenvalue weighted by molar-refractivity contribution is 5.75. The Balaban J connectivity index is 0. The molecule has 9 heavy (non-hydrogen) atoms. The molecule has 0 spiro atoms. The summed E-state index contributed by atoms with van der Waals surface area (Å²) < 4.78 is 4.64. The van der Waals surface area contributed by atoms with Crippen molar-refractivity contribution >= 4 is 23.3 Å². The number of rotatable bonds is 3. The van der Waals surface area contributed by atoms with E-state index in [9.17, 15) is 4.79 Å². The molecule has 2 nitrogen and oxygen atoms in total. The van der Waals surface area contributed by atoms with Gasteiger partial charge in [-0.3, -0.25) is 4.79 Å². The molecule has 0 aliphatic carbocycles. The maximum Gasteiger partial charge on any atom is 0.302 e. The predicted molar refractivity (Wildman–Crippen MR) is 41.5 cm³/mol. The van der Waals surface area contributed by atoms with Crippen molar-refractivity contribution in [3.8, 4) is 0 Å². The molecule has 0 bridgehead atoms. The zero-order chi connectivity index (χ0) is 6.41. The van der Waals surface area contributed by atoms with Gasteiger partial charge in [0.2, 0.25) is 0 Å². The summed E-state index contributed by atoms with van der Waals surface area (Å²) in [6.45, 7) is 4.06. The highest BCUT2D eigenvalue weighted by Crippen LogP contribution is 1.86. The summed E-state index contributed by atoms with van der Waals surface area (Å²) in [6, 6.07) is 0. The molecule has 0 aromatic rings. The lowest BCUT2D eigenvalue weighted by Crippen LogP contribution is -1.99. The van der Waals surface area contributed by atoms with Gasteiger partial charge in [0.1, 0.15) is 0 Å². The van der Waals surface area contributed by atoms with E-state index in [1.807, 2.05) is 0 Å². The van der Waals surface area contributed by atoms with E-state index in [4.69, 9.17) is 0 Å². The van der Waals surface area contributed by atoms with Gasteiger partial charge in [-0.1, -0.05) is 13.3 Å². The first kappa shape index (κ1) is 11.8. The van der Waals surface area contributed by atoms with Crippen LogP contribution in [0.15, 0.2) is 0 Å². The first-order valence-corrected chi connectivity index (χ1v) is 2.90. The van der Waals surface area contributed by atoms with Crippen molar-refractivity contribution in [1.29, 1.82) is 0 Å². The SMILES string of the molecule is CCCCOC(C)=O.[AlH3]. The highest BCUT2D eigenvalue weighted by Gasteiger charge is 1.88. The number of unbranched alkanes of at least 4 members (excludes halogenated alkanes) is 1. The molecule has 0 aromatic heterocycles. The van der Waals surface area contributed by atoms with Gasteiger partial charge in [-0.2, -0.15) is 0 Å². The van der Waals surface area contributed by atoms with Gasteiger partial charge in [-0.05, 0) is 6.42 Å². The fourth-order valence-electron chi connectivity index (χ4n) is 0.360. The summed E-state index contributed by atoms with van der Waals surface area (Å²) >= 11 is 0. The molecule has 0 radical (unpaired) electrons. The molecule has 0 fully saturated rings. The van der Waals surface area contributed by atoms with E-state index in [1.54, 1.807) is 0 Å². The van der Waals surface area contributed by atoms with Gasteiger partial charge in [-0.25, -0.2) is 0 Å². The van der Waals surface area contributed by atoms with E-state index < -0.39 is 0 Å². The van der Waals surface area contributed by atoms with E-state index in [1.165, 1.54) is 6.92 Å². The third-order valence-electron chi connectivity index (χ3n) is 0.803. The summed E-state index contributed by atoms with van der Waals surface area (Å²) in [4.78, 5) is 10.1. The molecule has 0 unspecified atom stereocenters. The topological polar surface area (TPSA) is 26.3 Å². The van der Waals surface area contributed by atoms with Crippen molar-refractivity contribution in [3.63, 3.8) is 0 Å². The minimum absolute atomic E-state index is 0. The molecule has 54 valence electrons. The van der Waals surface area contributed by atoms with Gasteiger partial charge < -0.3 is 4.74 Å². The third-order valence-corrected chi connectivity index (χ3v) is 0.803. The van der Waals surface area contributed by atoms with Crippen molar-refractivity contribution in [2.45, 2.75) is 26.7 Å². The number of ether oxygens (including phenoxy) is 1. The van der Waals surface area contributed by atoms with Crippen LogP contribution in [0.25, 0.3) is 0 Å². The lowest BCUT2D eigenvalue weighted by Gasteiger charge is -1.96. The van der Waals surface area contributed by atoms with Crippen LogP contribution in [0, 0.1) is 0 Å². The van der Waals surface area contributed by atoms with Crippen LogP contribution in [0.2, 0.25) is 0 Å². The lowest BCUT2D eigenvalue weighted by molar-refractivity contribution is -0.141. The molecule has 0 N–H and O–H groups in total. The second-order valence-electron chi connectivity index (χ2n) is 1.69. The van der Waals surface area contributed by atoms with Crippen molar-refractivity contribution < 1.29 is 9.53 Å². The quantitative estimate of drug-likeness (QED) is 0.322. The second kappa shape index (κ2) is 8.00. The van der Waals surface area contributed by atoms with Gasteiger partial charge in [0, 0.05) is 6.92 Å². The van der Waals surface area contributed by atoms with Gasteiger partial charge in [0.25, 0.3) is 0 Å². The number of hydrogen-bond donors (Lipinski definition) is 0. The maximum atomic E-state index is 10.1. The van der Waals surface area contributed by atoms with Crippen LogP contribution in [0.5, 0.6) is 0 Å². The minimum Gasteiger partial charge on any atom is -0.466 e. The Morgan fingerprint density at radius 1 is 1.56 bits per heavy atom. The summed E-state index contributed by atoms with van der Waals surface area (Å²) in [5.41, 5.74) is 0. The summed E-state index contributed by atoms with van der Waals surface area (Å²) in [5.74, 6) is -0.182.